The van der Waals surface area contributed by atoms with Crippen LogP contribution in [0.2, 0.25) is 0 Å². The molecule has 2 saturated heterocycles. The van der Waals surface area contributed by atoms with Gasteiger partial charge >= 0.3 is 6.09 Å². The molecule has 0 spiro atoms. The molecule has 0 bridgehead atoms. The standard InChI is InChI=1S/C18H21N5O4/c1-9(2)26-13-5-10-12(4-11(13)15(19)24)20-8-21-16(10)23-6-14-18(3,7-23)27-17(25)22-14/h4-5,8-9,14H,6-7H2,1-3H3,(H2,19,24)(H,22,25)/t14-,18?/m0/s1. The quantitative estimate of drug-likeness (QED) is 0.829. The van der Waals surface area contributed by atoms with Gasteiger partial charge in [-0.3, -0.25) is 4.79 Å². The van der Waals surface area contributed by atoms with Crippen LogP contribution in [0.3, 0.4) is 0 Å². The molecule has 27 heavy (non-hydrogen) atoms. The van der Waals surface area contributed by atoms with Crippen LogP contribution in [0.5, 0.6) is 5.75 Å². The molecule has 1 aromatic heterocycles. The van der Waals surface area contributed by atoms with E-state index in [0.29, 0.717) is 30.2 Å². The Morgan fingerprint density at radius 3 is 2.89 bits per heavy atom. The van der Waals surface area contributed by atoms with Crippen LogP contribution in [0, 0.1) is 0 Å². The van der Waals surface area contributed by atoms with Gasteiger partial charge in [-0.15, -0.1) is 0 Å². The van der Waals surface area contributed by atoms with Crippen LogP contribution in [0.25, 0.3) is 10.9 Å². The molecule has 2 aromatic rings. The summed E-state index contributed by atoms with van der Waals surface area (Å²) in [6, 6.07) is 3.25. The van der Waals surface area contributed by atoms with Gasteiger partial charge in [-0.25, -0.2) is 14.8 Å². The molecule has 3 N–H and O–H groups in total. The minimum Gasteiger partial charge on any atom is -0.490 e. The van der Waals surface area contributed by atoms with Gasteiger partial charge in [-0.05, 0) is 32.9 Å². The molecule has 3 heterocycles. The molecule has 0 aliphatic carbocycles. The maximum atomic E-state index is 11.8. The van der Waals surface area contributed by atoms with Gasteiger partial charge in [0.05, 0.1) is 29.8 Å². The molecule has 1 aromatic carbocycles. The average Bonchev–Trinajstić information content (AvgIpc) is 3.02. The van der Waals surface area contributed by atoms with E-state index in [1.807, 2.05) is 25.7 Å². The highest BCUT2D eigenvalue weighted by molar-refractivity contribution is 6.02. The fourth-order valence-corrected chi connectivity index (χ4v) is 3.68. The third kappa shape index (κ3) is 2.88. The molecule has 9 nitrogen and oxygen atoms in total. The third-order valence-electron chi connectivity index (χ3n) is 4.91. The van der Waals surface area contributed by atoms with Crippen molar-refractivity contribution in [3.8, 4) is 5.75 Å². The highest BCUT2D eigenvalue weighted by Crippen LogP contribution is 2.36. The number of carbonyl (C=O) groups excluding carboxylic acids is 2. The first-order valence-electron chi connectivity index (χ1n) is 8.76. The van der Waals surface area contributed by atoms with Crippen LogP contribution in [0.1, 0.15) is 31.1 Å². The van der Waals surface area contributed by atoms with Crippen molar-refractivity contribution in [2.75, 3.05) is 18.0 Å². The number of alkyl carbamates (subject to hydrolysis) is 1. The summed E-state index contributed by atoms with van der Waals surface area (Å²) in [6.45, 7) is 6.71. The van der Waals surface area contributed by atoms with E-state index in [0.717, 1.165) is 5.39 Å². The lowest BCUT2D eigenvalue weighted by molar-refractivity contribution is 0.0761. The zero-order chi connectivity index (χ0) is 19.3. The molecule has 9 heteroatoms. The summed E-state index contributed by atoms with van der Waals surface area (Å²) in [7, 11) is 0. The van der Waals surface area contributed by atoms with Crippen molar-refractivity contribution in [1.29, 1.82) is 0 Å². The number of fused-ring (bicyclic) bond motifs is 2. The number of carbonyl (C=O) groups is 2. The van der Waals surface area contributed by atoms with Crippen LogP contribution < -0.4 is 20.7 Å². The van der Waals surface area contributed by atoms with Crippen molar-refractivity contribution >= 4 is 28.7 Å². The van der Waals surface area contributed by atoms with Crippen LogP contribution >= 0.6 is 0 Å². The summed E-state index contributed by atoms with van der Waals surface area (Å²) in [5.74, 6) is 0.515. The van der Waals surface area contributed by atoms with E-state index in [4.69, 9.17) is 15.2 Å². The first-order valence-corrected chi connectivity index (χ1v) is 8.76. The average molecular weight is 371 g/mol. The van der Waals surface area contributed by atoms with Gasteiger partial charge in [0.2, 0.25) is 0 Å². The number of amides is 2. The summed E-state index contributed by atoms with van der Waals surface area (Å²) in [5, 5.41) is 3.58. The second-order valence-corrected chi connectivity index (χ2v) is 7.37. The number of nitrogens with one attached hydrogen (secondary N) is 1. The minimum absolute atomic E-state index is 0.119. The van der Waals surface area contributed by atoms with Gasteiger partial charge in [-0.2, -0.15) is 0 Å². The highest BCUT2D eigenvalue weighted by Gasteiger charge is 2.52. The number of hydrogen-bond acceptors (Lipinski definition) is 7. The van der Waals surface area contributed by atoms with E-state index in [-0.39, 0.29) is 17.7 Å². The molecule has 142 valence electrons. The number of benzene rings is 1. The summed E-state index contributed by atoms with van der Waals surface area (Å²) < 4.78 is 11.2. The van der Waals surface area contributed by atoms with E-state index < -0.39 is 17.6 Å². The molecule has 2 aliphatic rings. The normalized spacial score (nSPS) is 24.1. The van der Waals surface area contributed by atoms with E-state index in [1.165, 1.54) is 6.33 Å². The number of nitrogens with two attached hydrogens (primary N) is 1. The summed E-state index contributed by atoms with van der Waals surface area (Å²) in [4.78, 5) is 34.1. The molecule has 2 fully saturated rings. The molecule has 0 radical (unpaired) electrons. The lowest BCUT2D eigenvalue weighted by atomic mass is 10.0. The Balaban J connectivity index is 1.78. The predicted molar refractivity (Wildman–Crippen MR) is 97.8 cm³/mol. The van der Waals surface area contributed by atoms with Gasteiger partial charge in [0.15, 0.2) is 5.60 Å². The van der Waals surface area contributed by atoms with E-state index in [2.05, 4.69) is 15.3 Å². The zero-order valence-electron chi connectivity index (χ0n) is 15.4. The summed E-state index contributed by atoms with van der Waals surface area (Å²) >= 11 is 0. The van der Waals surface area contributed by atoms with Crippen molar-refractivity contribution in [2.24, 2.45) is 5.73 Å². The Kier molecular flexibility index (Phi) is 3.83. The summed E-state index contributed by atoms with van der Waals surface area (Å²) in [6.07, 6.45) is 0.928. The lowest BCUT2D eigenvalue weighted by Gasteiger charge is -2.23. The Bertz CT molecular complexity index is 947. The molecule has 4 rings (SSSR count). The van der Waals surface area contributed by atoms with Crippen LogP contribution in [0.15, 0.2) is 18.5 Å². The van der Waals surface area contributed by atoms with Crippen molar-refractivity contribution in [2.45, 2.75) is 38.5 Å². The van der Waals surface area contributed by atoms with E-state index >= 15 is 0 Å². The number of nitrogens with zero attached hydrogens (tertiary/aromatic N) is 3. The number of ether oxygens (including phenoxy) is 2. The Labute approximate surface area is 155 Å². The van der Waals surface area contributed by atoms with Crippen LogP contribution in [-0.2, 0) is 4.74 Å². The highest BCUT2D eigenvalue weighted by atomic mass is 16.6. The maximum absolute atomic E-state index is 11.8. The van der Waals surface area contributed by atoms with Crippen molar-refractivity contribution in [1.82, 2.24) is 15.3 Å². The van der Waals surface area contributed by atoms with Gasteiger partial charge < -0.3 is 25.4 Å². The fourth-order valence-electron chi connectivity index (χ4n) is 3.68. The molecular weight excluding hydrogens is 350 g/mol. The minimum atomic E-state index is -0.612. The Hall–Kier alpha value is -3.10. The third-order valence-corrected chi connectivity index (χ3v) is 4.91. The van der Waals surface area contributed by atoms with E-state index in [1.54, 1.807) is 12.1 Å². The molecule has 0 saturated carbocycles. The topological polar surface area (TPSA) is 120 Å². The Morgan fingerprint density at radius 1 is 1.44 bits per heavy atom. The zero-order valence-corrected chi connectivity index (χ0v) is 15.4. The van der Waals surface area contributed by atoms with Crippen LogP contribution in [-0.4, -0.2) is 52.8 Å². The number of primary amides is 1. The smallest absolute Gasteiger partial charge is 0.408 e. The lowest BCUT2D eigenvalue weighted by Crippen LogP contribution is -2.39. The van der Waals surface area contributed by atoms with Crippen molar-refractivity contribution in [3.63, 3.8) is 0 Å². The Morgan fingerprint density at radius 2 is 2.22 bits per heavy atom. The summed E-state index contributed by atoms with van der Waals surface area (Å²) in [5.41, 5.74) is 5.77. The number of anilines is 1. The molecule has 2 amide bonds. The number of hydrogen-bond donors (Lipinski definition) is 2. The monoisotopic (exact) mass is 371 g/mol. The second-order valence-electron chi connectivity index (χ2n) is 7.37. The maximum Gasteiger partial charge on any atom is 0.408 e. The molecular formula is C18H21N5O4. The van der Waals surface area contributed by atoms with Crippen LogP contribution in [0.4, 0.5) is 10.6 Å². The van der Waals surface area contributed by atoms with Gasteiger partial charge in [0.1, 0.15) is 17.9 Å². The van der Waals surface area contributed by atoms with Crippen molar-refractivity contribution in [3.05, 3.63) is 24.0 Å². The largest absolute Gasteiger partial charge is 0.490 e. The number of rotatable bonds is 4. The van der Waals surface area contributed by atoms with Gasteiger partial charge in [-0.1, -0.05) is 0 Å². The first-order chi connectivity index (χ1) is 12.8. The SMILES string of the molecule is CC(C)Oc1cc2c(N3C[C@@H]4NC(=O)OC4(C)C3)ncnc2cc1C(N)=O. The van der Waals surface area contributed by atoms with E-state index in [9.17, 15) is 9.59 Å². The van der Waals surface area contributed by atoms with Gasteiger partial charge in [0, 0.05) is 11.9 Å². The predicted octanol–water partition coefficient (Wildman–Crippen LogP) is 1.20. The first kappa shape index (κ1) is 17.3. The molecule has 2 atom stereocenters. The number of aromatic nitrogens is 2. The molecule has 2 aliphatic heterocycles. The second kappa shape index (κ2) is 5.97. The van der Waals surface area contributed by atoms with Crippen molar-refractivity contribution < 1.29 is 19.1 Å². The molecule has 1 unspecified atom stereocenters. The fraction of sp³-hybridized carbons (Fsp3) is 0.444. The van der Waals surface area contributed by atoms with Gasteiger partial charge in [0.25, 0.3) is 5.91 Å².